The van der Waals surface area contributed by atoms with E-state index in [1.54, 1.807) is 0 Å². The van der Waals surface area contributed by atoms with Gasteiger partial charge in [0.2, 0.25) is 10.0 Å². The minimum atomic E-state index is -3.08. The molecular weight excluding hydrogens is 212 g/mol. The van der Waals surface area contributed by atoms with Crippen LogP contribution in [0.4, 0.5) is 0 Å². The van der Waals surface area contributed by atoms with Gasteiger partial charge in [0.1, 0.15) is 0 Å². The van der Waals surface area contributed by atoms with Crippen LogP contribution in [0, 0.1) is 5.92 Å². The first-order chi connectivity index (χ1) is 7.05. The molecule has 5 heteroatoms. The van der Waals surface area contributed by atoms with Gasteiger partial charge in [0.05, 0.1) is 5.75 Å². The van der Waals surface area contributed by atoms with Crippen LogP contribution < -0.4 is 10.0 Å². The fourth-order valence-corrected chi connectivity index (χ4v) is 2.83. The van der Waals surface area contributed by atoms with Gasteiger partial charge in [-0.2, -0.15) is 0 Å². The van der Waals surface area contributed by atoms with Gasteiger partial charge in [0, 0.05) is 12.6 Å². The van der Waals surface area contributed by atoms with Crippen molar-refractivity contribution in [2.45, 2.75) is 39.2 Å². The van der Waals surface area contributed by atoms with Crippen molar-refractivity contribution in [3.8, 4) is 0 Å². The Labute approximate surface area is 92.9 Å². The standard InChI is InChI=1S/C10H22N2O2S/c1-3-6-11-7-8-15(13,14)12-9(2)10-4-5-10/h9-12H,3-8H2,1-2H3. The molecule has 1 rings (SSSR count). The molecule has 1 fully saturated rings. The molecule has 0 heterocycles. The Morgan fingerprint density at radius 3 is 2.53 bits per heavy atom. The summed E-state index contributed by atoms with van der Waals surface area (Å²) in [5.41, 5.74) is 0. The van der Waals surface area contributed by atoms with Crippen molar-refractivity contribution < 1.29 is 8.42 Å². The molecule has 0 saturated heterocycles. The van der Waals surface area contributed by atoms with E-state index in [1.807, 2.05) is 6.92 Å². The summed E-state index contributed by atoms with van der Waals surface area (Å²) in [7, 11) is -3.08. The van der Waals surface area contributed by atoms with Gasteiger partial charge >= 0.3 is 0 Å². The third-order valence-corrected chi connectivity index (χ3v) is 4.14. The highest BCUT2D eigenvalue weighted by Gasteiger charge is 2.30. The molecule has 0 aromatic heterocycles. The predicted molar refractivity (Wildman–Crippen MR) is 62.3 cm³/mol. The molecule has 15 heavy (non-hydrogen) atoms. The van der Waals surface area contributed by atoms with Gasteiger partial charge in [0.15, 0.2) is 0 Å². The number of rotatable bonds is 8. The third-order valence-electron chi connectivity index (χ3n) is 2.67. The minimum absolute atomic E-state index is 0.112. The van der Waals surface area contributed by atoms with E-state index >= 15 is 0 Å². The van der Waals surface area contributed by atoms with Crippen LogP contribution in [0.15, 0.2) is 0 Å². The summed E-state index contributed by atoms with van der Waals surface area (Å²) in [6, 6.07) is 0.112. The van der Waals surface area contributed by atoms with Crippen molar-refractivity contribution in [1.29, 1.82) is 0 Å². The van der Waals surface area contributed by atoms with Crippen LogP contribution in [-0.2, 0) is 10.0 Å². The Hall–Kier alpha value is -0.130. The second kappa shape index (κ2) is 5.82. The summed E-state index contributed by atoms with van der Waals surface area (Å²) in [4.78, 5) is 0. The summed E-state index contributed by atoms with van der Waals surface area (Å²) >= 11 is 0. The average molecular weight is 234 g/mol. The first-order valence-corrected chi connectivity index (χ1v) is 7.41. The molecule has 0 amide bonds. The van der Waals surface area contributed by atoms with E-state index in [9.17, 15) is 8.42 Å². The highest BCUT2D eigenvalue weighted by molar-refractivity contribution is 7.89. The molecule has 0 spiro atoms. The van der Waals surface area contributed by atoms with E-state index < -0.39 is 10.0 Å². The quantitative estimate of drug-likeness (QED) is 0.608. The predicted octanol–water partition coefficient (Wildman–Crippen LogP) is 0.704. The van der Waals surface area contributed by atoms with Crippen molar-refractivity contribution in [1.82, 2.24) is 10.0 Å². The molecule has 1 aliphatic carbocycles. The van der Waals surface area contributed by atoms with Gasteiger partial charge in [0.25, 0.3) is 0 Å². The maximum atomic E-state index is 11.6. The van der Waals surface area contributed by atoms with Gasteiger partial charge < -0.3 is 5.32 Å². The largest absolute Gasteiger partial charge is 0.316 e. The summed E-state index contributed by atoms with van der Waals surface area (Å²) in [5.74, 6) is 0.757. The summed E-state index contributed by atoms with van der Waals surface area (Å²) in [6.45, 7) is 5.44. The average Bonchev–Trinajstić information content (AvgIpc) is 2.94. The van der Waals surface area contributed by atoms with Gasteiger partial charge in [-0.15, -0.1) is 0 Å². The van der Waals surface area contributed by atoms with E-state index in [0.29, 0.717) is 12.5 Å². The van der Waals surface area contributed by atoms with E-state index in [1.165, 1.54) is 0 Å². The van der Waals surface area contributed by atoms with Crippen molar-refractivity contribution in [3.63, 3.8) is 0 Å². The van der Waals surface area contributed by atoms with Crippen molar-refractivity contribution in [3.05, 3.63) is 0 Å². The van der Waals surface area contributed by atoms with Crippen LogP contribution in [0.5, 0.6) is 0 Å². The topological polar surface area (TPSA) is 58.2 Å². The lowest BCUT2D eigenvalue weighted by Gasteiger charge is -2.13. The lowest BCUT2D eigenvalue weighted by atomic mass is 10.2. The number of hydrogen-bond donors (Lipinski definition) is 2. The molecule has 2 N–H and O–H groups in total. The lowest BCUT2D eigenvalue weighted by Crippen LogP contribution is -2.38. The fraction of sp³-hybridized carbons (Fsp3) is 1.00. The van der Waals surface area contributed by atoms with Crippen LogP contribution in [0.3, 0.4) is 0 Å². The molecule has 4 nitrogen and oxygen atoms in total. The van der Waals surface area contributed by atoms with E-state index in [-0.39, 0.29) is 11.8 Å². The first kappa shape index (κ1) is 12.9. The highest BCUT2D eigenvalue weighted by Crippen LogP contribution is 2.32. The van der Waals surface area contributed by atoms with E-state index in [2.05, 4.69) is 17.0 Å². The zero-order valence-electron chi connectivity index (χ0n) is 9.62. The second-order valence-corrected chi connectivity index (χ2v) is 6.19. The Bertz CT molecular complexity index is 273. The molecule has 0 aliphatic heterocycles. The summed E-state index contributed by atoms with van der Waals surface area (Å²) in [6.07, 6.45) is 3.36. The molecule has 0 aromatic carbocycles. The molecule has 90 valence electrons. The lowest BCUT2D eigenvalue weighted by molar-refractivity contribution is 0.535. The smallest absolute Gasteiger partial charge is 0.213 e. The normalized spacial score (nSPS) is 19.1. The van der Waals surface area contributed by atoms with Gasteiger partial charge in [-0.05, 0) is 38.6 Å². The molecule has 1 atom stereocenters. The summed E-state index contributed by atoms with van der Waals surface area (Å²) < 4.78 is 25.9. The van der Waals surface area contributed by atoms with Crippen LogP contribution in [0.2, 0.25) is 0 Å². The molecule has 0 radical (unpaired) electrons. The van der Waals surface area contributed by atoms with Gasteiger partial charge in [-0.3, -0.25) is 0 Å². The zero-order valence-corrected chi connectivity index (χ0v) is 10.4. The Balaban J connectivity index is 2.19. The first-order valence-electron chi connectivity index (χ1n) is 5.76. The molecular formula is C10H22N2O2S. The third kappa shape index (κ3) is 5.49. The minimum Gasteiger partial charge on any atom is -0.316 e. The van der Waals surface area contributed by atoms with Crippen molar-refractivity contribution in [2.75, 3.05) is 18.8 Å². The van der Waals surface area contributed by atoms with E-state index in [0.717, 1.165) is 25.8 Å². The second-order valence-electron chi connectivity index (χ2n) is 4.31. The molecule has 0 aromatic rings. The maximum absolute atomic E-state index is 11.6. The Morgan fingerprint density at radius 2 is 2.00 bits per heavy atom. The molecule has 0 bridgehead atoms. The van der Waals surface area contributed by atoms with Crippen molar-refractivity contribution in [2.24, 2.45) is 5.92 Å². The molecule has 1 unspecified atom stereocenters. The molecule has 1 aliphatic rings. The van der Waals surface area contributed by atoms with Crippen molar-refractivity contribution >= 4 is 10.0 Å². The van der Waals surface area contributed by atoms with Gasteiger partial charge in [-0.25, -0.2) is 13.1 Å². The van der Waals surface area contributed by atoms with E-state index in [4.69, 9.17) is 0 Å². The van der Waals surface area contributed by atoms with Crippen LogP contribution in [-0.4, -0.2) is 33.3 Å². The van der Waals surface area contributed by atoms with Crippen LogP contribution in [0.1, 0.15) is 33.1 Å². The van der Waals surface area contributed by atoms with Crippen LogP contribution in [0.25, 0.3) is 0 Å². The molecule has 1 saturated carbocycles. The monoisotopic (exact) mass is 234 g/mol. The SMILES string of the molecule is CCCNCCS(=O)(=O)NC(C)C1CC1. The van der Waals surface area contributed by atoms with Crippen LogP contribution >= 0.6 is 0 Å². The highest BCUT2D eigenvalue weighted by atomic mass is 32.2. The fourth-order valence-electron chi connectivity index (χ4n) is 1.54. The zero-order chi connectivity index (χ0) is 11.3. The number of nitrogens with one attached hydrogen (secondary N) is 2. The maximum Gasteiger partial charge on any atom is 0.213 e. The Kier molecular flexibility index (Phi) is 5.02. The Morgan fingerprint density at radius 1 is 1.33 bits per heavy atom. The number of sulfonamides is 1. The summed E-state index contributed by atoms with van der Waals surface area (Å²) in [5, 5.41) is 3.09. The number of hydrogen-bond acceptors (Lipinski definition) is 3. The van der Waals surface area contributed by atoms with Gasteiger partial charge in [-0.1, -0.05) is 6.92 Å².